The number of ether oxygens (including phenoxy) is 1. The van der Waals surface area contributed by atoms with Crippen LogP contribution in [-0.2, 0) is 4.74 Å². The molecule has 0 amide bonds. The molecule has 2 heterocycles. The second-order valence-electron chi connectivity index (χ2n) is 7.06. The number of nitrogens with one attached hydrogen (secondary N) is 1. The fourth-order valence-corrected chi connectivity index (χ4v) is 3.99. The Morgan fingerprint density at radius 2 is 2.17 bits per heavy atom. The average molecular weight is 350 g/mol. The van der Waals surface area contributed by atoms with Gasteiger partial charge in [-0.05, 0) is 37.0 Å². The van der Waals surface area contributed by atoms with E-state index in [2.05, 4.69) is 34.3 Å². The number of nitrogens with zero attached hydrogens (tertiary/aromatic N) is 2. The summed E-state index contributed by atoms with van der Waals surface area (Å²) in [5.41, 5.74) is 1.68. The maximum Gasteiger partial charge on any atom is 0.193 e. The molecule has 2 fully saturated rings. The van der Waals surface area contributed by atoms with Crippen molar-refractivity contribution >= 4 is 17.6 Å². The maximum atomic E-state index is 6.00. The zero-order chi connectivity index (χ0) is 17.0. The molecule has 4 nitrogen and oxygen atoms in total. The first-order valence-electron chi connectivity index (χ1n) is 8.94. The summed E-state index contributed by atoms with van der Waals surface area (Å²) >= 11 is 6.00. The molecule has 0 aromatic heterocycles. The van der Waals surface area contributed by atoms with Gasteiger partial charge in [-0.1, -0.05) is 30.7 Å². The molecule has 0 aliphatic carbocycles. The molecule has 3 rings (SSSR count). The summed E-state index contributed by atoms with van der Waals surface area (Å²) in [5.74, 6) is 1.48. The van der Waals surface area contributed by atoms with Crippen molar-refractivity contribution in [1.82, 2.24) is 10.2 Å². The zero-order valence-corrected chi connectivity index (χ0v) is 15.5. The largest absolute Gasteiger partial charge is 0.381 e. The molecule has 0 bridgehead atoms. The van der Waals surface area contributed by atoms with Crippen LogP contribution in [0.1, 0.15) is 37.7 Å². The molecule has 0 radical (unpaired) electrons. The third kappa shape index (κ3) is 3.86. The fourth-order valence-electron chi connectivity index (χ4n) is 3.87. The topological polar surface area (TPSA) is 36.9 Å². The highest BCUT2D eigenvalue weighted by molar-refractivity contribution is 6.30. The van der Waals surface area contributed by atoms with Gasteiger partial charge in [-0.3, -0.25) is 4.99 Å². The van der Waals surface area contributed by atoms with E-state index in [9.17, 15) is 0 Å². The first-order valence-corrected chi connectivity index (χ1v) is 9.32. The minimum atomic E-state index is 0.359. The molecule has 2 aliphatic rings. The van der Waals surface area contributed by atoms with Crippen LogP contribution in [0.3, 0.4) is 0 Å². The number of hydrogen-bond donors (Lipinski definition) is 1. The minimum Gasteiger partial charge on any atom is -0.381 e. The van der Waals surface area contributed by atoms with Crippen molar-refractivity contribution in [2.45, 2.75) is 32.1 Å². The molecular weight excluding hydrogens is 322 g/mol. The number of halogens is 1. The molecule has 0 saturated carbocycles. The third-order valence-corrected chi connectivity index (χ3v) is 5.73. The molecular formula is C19H28ClN3O. The predicted molar refractivity (Wildman–Crippen MR) is 99.9 cm³/mol. The van der Waals surface area contributed by atoms with E-state index in [4.69, 9.17) is 16.3 Å². The van der Waals surface area contributed by atoms with Crippen molar-refractivity contribution in [3.63, 3.8) is 0 Å². The van der Waals surface area contributed by atoms with Gasteiger partial charge in [-0.25, -0.2) is 0 Å². The van der Waals surface area contributed by atoms with Gasteiger partial charge in [0.05, 0.1) is 6.61 Å². The zero-order valence-electron chi connectivity index (χ0n) is 14.7. The van der Waals surface area contributed by atoms with Crippen LogP contribution >= 0.6 is 11.6 Å². The molecule has 5 heteroatoms. The van der Waals surface area contributed by atoms with Crippen molar-refractivity contribution in [3.05, 3.63) is 34.9 Å². The van der Waals surface area contributed by atoms with Gasteiger partial charge in [-0.15, -0.1) is 0 Å². The van der Waals surface area contributed by atoms with Gasteiger partial charge in [0.25, 0.3) is 0 Å². The second kappa shape index (κ2) is 7.75. The van der Waals surface area contributed by atoms with Crippen molar-refractivity contribution in [2.75, 3.05) is 39.9 Å². The molecule has 2 saturated heterocycles. The van der Waals surface area contributed by atoms with Gasteiger partial charge in [0.15, 0.2) is 5.96 Å². The van der Waals surface area contributed by atoms with Crippen LogP contribution in [0.25, 0.3) is 0 Å². The number of likely N-dealkylation sites (tertiary alicyclic amines) is 1. The first kappa shape index (κ1) is 17.6. The molecule has 2 aliphatic heterocycles. The Hall–Kier alpha value is -1.26. The van der Waals surface area contributed by atoms with Crippen LogP contribution in [0.2, 0.25) is 5.02 Å². The number of hydrogen-bond acceptors (Lipinski definition) is 2. The summed E-state index contributed by atoms with van der Waals surface area (Å²) in [6, 6.07) is 8.20. The molecule has 2 unspecified atom stereocenters. The van der Waals surface area contributed by atoms with Gasteiger partial charge in [0, 0.05) is 49.6 Å². The lowest BCUT2D eigenvalue weighted by Crippen LogP contribution is -2.42. The molecule has 1 aromatic rings. The molecule has 1 aromatic carbocycles. The summed E-state index contributed by atoms with van der Waals surface area (Å²) in [7, 11) is 1.88. The molecule has 132 valence electrons. The number of aliphatic imine (C=N–C) groups is 1. The predicted octanol–water partition coefficient (Wildman–Crippen LogP) is 3.52. The van der Waals surface area contributed by atoms with E-state index < -0.39 is 0 Å². The smallest absolute Gasteiger partial charge is 0.193 e. The third-order valence-electron chi connectivity index (χ3n) is 5.48. The van der Waals surface area contributed by atoms with Crippen molar-refractivity contribution in [3.8, 4) is 0 Å². The SMILES string of the molecule is CCC(CNC(=NC)N1CCC2(CCOC2)C1)c1ccc(Cl)cc1. The van der Waals surface area contributed by atoms with Crippen LogP contribution in [0.5, 0.6) is 0 Å². The van der Waals surface area contributed by atoms with Crippen LogP contribution in [0.4, 0.5) is 0 Å². The Labute approximate surface area is 150 Å². The van der Waals surface area contributed by atoms with Gasteiger partial charge >= 0.3 is 0 Å². The Morgan fingerprint density at radius 3 is 2.79 bits per heavy atom. The highest BCUT2D eigenvalue weighted by Crippen LogP contribution is 2.38. The second-order valence-corrected chi connectivity index (χ2v) is 7.50. The van der Waals surface area contributed by atoms with Crippen LogP contribution in [0.15, 0.2) is 29.3 Å². The fraction of sp³-hybridized carbons (Fsp3) is 0.632. The standard InChI is InChI=1S/C19H28ClN3O/c1-3-15(16-4-6-17(20)7-5-16)12-22-18(21-2)23-10-8-19(13-23)9-11-24-14-19/h4-7,15H,3,8-14H2,1-2H3,(H,21,22). The number of rotatable bonds is 4. The summed E-state index contributed by atoms with van der Waals surface area (Å²) < 4.78 is 5.63. The Balaban J connectivity index is 1.58. The maximum absolute atomic E-state index is 6.00. The normalized spacial score (nSPS) is 25.5. The molecule has 2 atom stereocenters. The Kier molecular flexibility index (Phi) is 5.67. The monoisotopic (exact) mass is 349 g/mol. The highest BCUT2D eigenvalue weighted by Gasteiger charge is 2.42. The van der Waals surface area contributed by atoms with Gasteiger partial charge in [-0.2, -0.15) is 0 Å². The van der Waals surface area contributed by atoms with E-state index >= 15 is 0 Å². The highest BCUT2D eigenvalue weighted by atomic mass is 35.5. The molecule has 1 spiro atoms. The first-order chi connectivity index (χ1) is 11.7. The van der Waals surface area contributed by atoms with Gasteiger partial charge < -0.3 is 15.0 Å². The van der Waals surface area contributed by atoms with Crippen LogP contribution in [-0.4, -0.2) is 50.8 Å². The lowest BCUT2D eigenvalue weighted by molar-refractivity contribution is 0.156. The lowest BCUT2D eigenvalue weighted by Gasteiger charge is -2.26. The van der Waals surface area contributed by atoms with Crippen molar-refractivity contribution < 1.29 is 4.74 Å². The minimum absolute atomic E-state index is 0.359. The van der Waals surface area contributed by atoms with E-state index in [0.29, 0.717) is 11.3 Å². The van der Waals surface area contributed by atoms with Gasteiger partial charge in [0.2, 0.25) is 0 Å². The summed E-state index contributed by atoms with van der Waals surface area (Å²) in [5, 5.41) is 4.37. The van der Waals surface area contributed by atoms with Crippen LogP contribution < -0.4 is 5.32 Å². The molecule has 1 N–H and O–H groups in total. The summed E-state index contributed by atoms with van der Waals surface area (Å²) in [4.78, 5) is 6.90. The van der Waals surface area contributed by atoms with E-state index in [-0.39, 0.29) is 0 Å². The van der Waals surface area contributed by atoms with Crippen molar-refractivity contribution in [2.24, 2.45) is 10.4 Å². The van der Waals surface area contributed by atoms with Crippen LogP contribution in [0, 0.1) is 5.41 Å². The summed E-state index contributed by atoms with van der Waals surface area (Å²) in [6.07, 6.45) is 3.48. The van der Waals surface area contributed by atoms with E-state index in [1.54, 1.807) is 0 Å². The molecule has 24 heavy (non-hydrogen) atoms. The Morgan fingerprint density at radius 1 is 1.38 bits per heavy atom. The number of benzene rings is 1. The van der Waals surface area contributed by atoms with Gasteiger partial charge in [0.1, 0.15) is 0 Å². The van der Waals surface area contributed by atoms with Crippen molar-refractivity contribution in [1.29, 1.82) is 0 Å². The van der Waals surface area contributed by atoms with E-state index in [1.165, 1.54) is 18.4 Å². The quantitative estimate of drug-likeness (QED) is 0.667. The van der Waals surface area contributed by atoms with E-state index in [0.717, 1.165) is 50.3 Å². The summed E-state index contributed by atoms with van der Waals surface area (Å²) in [6.45, 7) is 7.07. The lowest BCUT2D eigenvalue weighted by atomic mass is 9.87. The van der Waals surface area contributed by atoms with E-state index in [1.807, 2.05) is 19.2 Å². The Bertz CT molecular complexity index is 566. The number of guanidine groups is 1. The average Bonchev–Trinajstić information content (AvgIpc) is 3.23.